The molecule has 4 aromatic rings. The van der Waals surface area contributed by atoms with E-state index in [1.165, 1.54) is 5.56 Å². The van der Waals surface area contributed by atoms with E-state index in [1.54, 1.807) is 12.3 Å². The van der Waals surface area contributed by atoms with Gasteiger partial charge in [-0.2, -0.15) is 15.3 Å². The summed E-state index contributed by atoms with van der Waals surface area (Å²) in [5.41, 5.74) is 10.9. The van der Waals surface area contributed by atoms with Crippen molar-refractivity contribution >= 4 is 54.1 Å². The summed E-state index contributed by atoms with van der Waals surface area (Å²) in [4.78, 5) is 8.90. The molecule has 0 aliphatic heterocycles. The number of aromatic nitrogens is 4. The Balaban J connectivity index is 1.90. The van der Waals surface area contributed by atoms with E-state index < -0.39 is 0 Å². The summed E-state index contributed by atoms with van der Waals surface area (Å²) >= 11 is 2.33. The third-order valence-electron chi connectivity index (χ3n) is 4.69. The number of nitrogen functional groups attached to an aromatic ring is 1. The molecule has 0 amide bonds. The zero-order valence-corrected chi connectivity index (χ0v) is 18.3. The fraction of sp³-hybridized carbons (Fsp3) is 0.100. The lowest BCUT2D eigenvalue weighted by atomic mass is 9.99. The molecular formula is C20H16IN6P. The van der Waals surface area contributed by atoms with Gasteiger partial charge in [0.2, 0.25) is 5.95 Å². The van der Waals surface area contributed by atoms with Gasteiger partial charge in [-0.15, -0.1) is 9.24 Å². The number of anilines is 1. The van der Waals surface area contributed by atoms with E-state index in [4.69, 9.17) is 5.73 Å². The van der Waals surface area contributed by atoms with Gasteiger partial charge in [0, 0.05) is 9.13 Å². The Hall–Kier alpha value is -2.56. The molecule has 1 atom stereocenters. The van der Waals surface area contributed by atoms with Gasteiger partial charge >= 0.3 is 0 Å². The van der Waals surface area contributed by atoms with Crippen molar-refractivity contribution in [1.82, 2.24) is 19.7 Å². The fourth-order valence-electron chi connectivity index (χ4n) is 3.20. The van der Waals surface area contributed by atoms with Crippen LogP contribution < -0.4 is 11.0 Å². The number of nitrogens with two attached hydrogens (primary N) is 1. The molecule has 0 spiro atoms. The Labute approximate surface area is 178 Å². The monoisotopic (exact) mass is 498 g/mol. The van der Waals surface area contributed by atoms with Crippen LogP contribution in [0.5, 0.6) is 0 Å². The highest BCUT2D eigenvalue weighted by atomic mass is 127. The zero-order valence-electron chi connectivity index (χ0n) is 15.0. The molecule has 0 aliphatic rings. The van der Waals surface area contributed by atoms with Gasteiger partial charge in [0.1, 0.15) is 0 Å². The number of halogens is 1. The largest absolute Gasteiger partial charge is 0.368 e. The zero-order chi connectivity index (χ0) is 19.8. The molecule has 1 unspecified atom stereocenters. The summed E-state index contributed by atoms with van der Waals surface area (Å²) in [7, 11) is 2.77. The van der Waals surface area contributed by atoms with Crippen molar-refractivity contribution < 1.29 is 0 Å². The van der Waals surface area contributed by atoms with Crippen LogP contribution >= 0.6 is 31.8 Å². The number of fused-ring (bicyclic) bond motifs is 1. The van der Waals surface area contributed by atoms with Crippen molar-refractivity contribution in [3.8, 4) is 17.3 Å². The molecular weight excluding hydrogens is 482 g/mol. The molecule has 0 bridgehead atoms. The molecule has 28 heavy (non-hydrogen) atoms. The van der Waals surface area contributed by atoms with E-state index in [9.17, 15) is 5.26 Å². The Bertz CT molecular complexity index is 1240. The van der Waals surface area contributed by atoms with Crippen molar-refractivity contribution in [2.75, 3.05) is 5.73 Å². The van der Waals surface area contributed by atoms with E-state index in [1.807, 2.05) is 29.8 Å². The Kier molecular flexibility index (Phi) is 5.00. The lowest BCUT2D eigenvalue weighted by molar-refractivity contribution is 0.704. The maximum atomic E-state index is 9.35. The number of nitriles is 1. The average molecular weight is 498 g/mol. The van der Waals surface area contributed by atoms with E-state index in [0.29, 0.717) is 23.4 Å². The maximum Gasteiger partial charge on any atom is 0.222 e. The highest BCUT2D eigenvalue weighted by molar-refractivity contribution is 14.1. The van der Waals surface area contributed by atoms with Crippen LogP contribution in [0.15, 0.2) is 42.6 Å². The summed E-state index contributed by atoms with van der Waals surface area (Å²) in [6, 6.07) is 14.0. The Morgan fingerprint density at radius 1 is 1.21 bits per heavy atom. The molecule has 2 aromatic carbocycles. The van der Waals surface area contributed by atoms with Crippen molar-refractivity contribution in [3.63, 3.8) is 0 Å². The number of hydrogen-bond donors (Lipinski definition) is 1. The first-order valence-corrected chi connectivity index (χ1v) is 10.2. The average Bonchev–Trinajstić information content (AvgIpc) is 3.07. The predicted molar refractivity (Wildman–Crippen MR) is 122 cm³/mol. The summed E-state index contributed by atoms with van der Waals surface area (Å²) in [6.45, 7) is 2.49. The van der Waals surface area contributed by atoms with E-state index in [2.05, 4.69) is 65.1 Å². The topological polar surface area (TPSA) is 93.4 Å². The van der Waals surface area contributed by atoms with Crippen molar-refractivity contribution in [3.05, 3.63) is 62.9 Å². The third kappa shape index (κ3) is 3.23. The van der Waals surface area contributed by atoms with Gasteiger partial charge in [-0.1, -0.05) is 24.3 Å². The second kappa shape index (κ2) is 7.46. The van der Waals surface area contributed by atoms with Crippen LogP contribution in [0, 0.1) is 21.8 Å². The van der Waals surface area contributed by atoms with Crippen molar-refractivity contribution in [2.24, 2.45) is 0 Å². The van der Waals surface area contributed by atoms with Gasteiger partial charge in [-0.05, 0) is 58.1 Å². The first-order chi connectivity index (χ1) is 13.5. The number of rotatable bonds is 3. The second-order valence-electron chi connectivity index (χ2n) is 6.37. The maximum absolute atomic E-state index is 9.35. The van der Waals surface area contributed by atoms with E-state index in [0.717, 1.165) is 25.4 Å². The first-order valence-electron chi connectivity index (χ1n) is 8.51. The van der Waals surface area contributed by atoms with Crippen LogP contribution in [0.2, 0.25) is 0 Å². The minimum absolute atomic E-state index is 0.180. The molecule has 0 fully saturated rings. The van der Waals surface area contributed by atoms with Crippen LogP contribution in [-0.2, 0) is 6.54 Å². The molecule has 4 rings (SSSR count). The van der Waals surface area contributed by atoms with E-state index in [-0.39, 0.29) is 5.95 Å². The van der Waals surface area contributed by atoms with Crippen LogP contribution in [0.25, 0.3) is 22.3 Å². The van der Waals surface area contributed by atoms with Crippen LogP contribution in [0.1, 0.15) is 16.7 Å². The fourth-order valence-corrected chi connectivity index (χ4v) is 4.54. The highest BCUT2D eigenvalue weighted by Crippen LogP contribution is 2.30. The molecule has 138 valence electrons. The van der Waals surface area contributed by atoms with Gasteiger partial charge in [0.05, 0.1) is 35.5 Å². The van der Waals surface area contributed by atoms with Gasteiger partial charge in [-0.3, -0.25) is 0 Å². The van der Waals surface area contributed by atoms with Gasteiger partial charge in [-0.25, -0.2) is 9.67 Å². The molecule has 8 heteroatoms. The molecule has 0 radical (unpaired) electrons. The van der Waals surface area contributed by atoms with Crippen LogP contribution in [0.4, 0.5) is 5.95 Å². The first kappa shape index (κ1) is 18.8. The minimum Gasteiger partial charge on any atom is -0.368 e. The summed E-state index contributed by atoms with van der Waals surface area (Å²) in [6.07, 6.45) is 1.76. The van der Waals surface area contributed by atoms with Crippen molar-refractivity contribution in [2.45, 2.75) is 13.5 Å². The van der Waals surface area contributed by atoms with Gasteiger partial charge < -0.3 is 5.73 Å². The predicted octanol–water partition coefficient (Wildman–Crippen LogP) is 3.41. The Morgan fingerprint density at radius 2 is 2.00 bits per heavy atom. The number of benzene rings is 2. The SMILES string of the molecule is Cc1c(C#N)cccc1-c1nc(N)nc2c1cnn2Cc1c(P)cccc1I. The minimum atomic E-state index is 0.180. The lowest BCUT2D eigenvalue weighted by Gasteiger charge is -2.11. The summed E-state index contributed by atoms with van der Waals surface area (Å²) < 4.78 is 3.00. The van der Waals surface area contributed by atoms with Crippen LogP contribution in [-0.4, -0.2) is 19.7 Å². The standard InChI is InChI=1S/C20H16IN6P/c1-11-12(8-22)4-2-5-13(11)18-14-9-24-27(19(14)26-20(23)25-18)10-15-16(21)6-3-7-17(15)28/h2-7,9H,10,28H2,1H3,(H2,23,25,26). The number of nitrogens with zero attached hydrogens (tertiary/aromatic N) is 5. The smallest absolute Gasteiger partial charge is 0.222 e. The molecule has 2 aromatic heterocycles. The normalized spacial score (nSPS) is 10.9. The van der Waals surface area contributed by atoms with Crippen LogP contribution in [0.3, 0.4) is 0 Å². The van der Waals surface area contributed by atoms with Crippen molar-refractivity contribution in [1.29, 1.82) is 5.26 Å². The third-order valence-corrected chi connectivity index (χ3v) is 6.24. The lowest BCUT2D eigenvalue weighted by Crippen LogP contribution is -2.12. The summed E-state index contributed by atoms with van der Waals surface area (Å²) in [5.74, 6) is 0.180. The molecule has 0 aliphatic carbocycles. The number of hydrogen-bond acceptors (Lipinski definition) is 5. The molecule has 6 nitrogen and oxygen atoms in total. The van der Waals surface area contributed by atoms with Gasteiger partial charge in [0.25, 0.3) is 0 Å². The van der Waals surface area contributed by atoms with E-state index >= 15 is 0 Å². The molecule has 0 saturated carbocycles. The summed E-state index contributed by atoms with van der Waals surface area (Å²) in [5, 5.41) is 15.8. The van der Waals surface area contributed by atoms with Gasteiger partial charge in [0.15, 0.2) is 5.65 Å². The molecule has 2 heterocycles. The highest BCUT2D eigenvalue weighted by Gasteiger charge is 2.17. The molecule has 2 N–H and O–H groups in total. The Morgan fingerprint density at radius 3 is 2.75 bits per heavy atom. The second-order valence-corrected chi connectivity index (χ2v) is 8.15. The quantitative estimate of drug-likeness (QED) is 0.345. The molecule has 0 saturated heterocycles.